The van der Waals surface area contributed by atoms with Crippen LogP contribution in [0.2, 0.25) is 0 Å². The molecule has 0 aliphatic carbocycles. The van der Waals surface area contributed by atoms with Gasteiger partial charge in [-0.2, -0.15) is 0 Å². The minimum Gasteiger partial charge on any atom is -0.270 e. The second kappa shape index (κ2) is 9.00. The second-order valence-electron chi connectivity index (χ2n) is 6.81. The molecule has 0 saturated carbocycles. The highest BCUT2D eigenvalue weighted by atomic mass is 32.2. The summed E-state index contributed by atoms with van der Waals surface area (Å²) in [5.74, 6) is 2.31. The topological polar surface area (TPSA) is 74.3 Å². The monoisotopic (exact) mass is 405 g/mol. The van der Waals surface area contributed by atoms with E-state index < -0.39 is 0 Å². The van der Waals surface area contributed by atoms with Crippen LogP contribution < -0.4 is 0 Å². The van der Waals surface area contributed by atoms with Crippen molar-refractivity contribution < 1.29 is 0 Å². The summed E-state index contributed by atoms with van der Waals surface area (Å²) in [6.07, 6.45) is 2.16. The summed E-state index contributed by atoms with van der Waals surface area (Å²) >= 11 is 1.59. The van der Waals surface area contributed by atoms with Crippen LogP contribution in [0.25, 0.3) is 17.1 Å². The molecular weight excluding hydrogens is 382 g/mol. The largest absolute Gasteiger partial charge is 0.270 e. The molecular formula is C21H23N7S. The molecule has 148 valence electrons. The molecule has 7 nitrogen and oxygen atoms in total. The molecule has 0 amide bonds. The number of para-hydroxylation sites is 1. The van der Waals surface area contributed by atoms with Crippen molar-refractivity contribution in [3.63, 3.8) is 0 Å². The molecule has 0 aliphatic heterocycles. The van der Waals surface area contributed by atoms with E-state index in [4.69, 9.17) is 0 Å². The lowest BCUT2D eigenvalue weighted by atomic mass is 10.1. The maximum atomic E-state index is 4.51. The van der Waals surface area contributed by atoms with Gasteiger partial charge in [0.05, 0.1) is 5.75 Å². The Morgan fingerprint density at radius 1 is 0.966 bits per heavy atom. The van der Waals surface area contributed by atoms with Crippen LogP contribution in [0.15, 0.2) is 59.8 Å². The average molecular weight is 406 g/mol. The Balaban J connectivity index is 1.66. The van der Waals surface area contributed by atoms with Crippen LogP contribution >= 0.6 is 11.8 Å². The normalized spacial score (nSPS) is 11.1. The molecule has 0 aliphatic rings. The Labute approximate surface area is 174 Å². The number of benzene rings is 2. The second-order valence-corrected chi connectivity index (χ2v) is 7.75. The van der Waals surface area contributed by atoms with E-state index in [1.54, 1.807) is 11.8 Å². The van der Waals surface area contributed by atoms with Crippen molar-refractivity contribution in [2.45, 2.75) is 44.1 Å². The Hall–Kier alpha value is -3.00. The van der Waals surface area contributed by atoms with Gasteiger partial charge >= 0.3 is 0 Å². The fraction of sp³-hybridized carbons (Fsp3) is 0.286. The molecule has 0 atom stereocenters. The van der Waals surface area contributed by atoms with E-state index in [-0.39, 0.29) is 0 Å². The number of hydrogen-bond donors (Lipinski definition) is 0. The number of tetrazole rings is 1. The molecule has 2 aromatic heterocycles. The molecule has 0 saturated heterocycles. The molecule has 4 aromatic rings. The third-order valence-corrected chi connectivity index (χ3v) is 5.51. The van der Waals surface area contributed by atoms with Crippen molar-refractivity contribution in [1.29, 1.82) is 0 Å². The maximum absolute atomic E-state index is 4.51. The van der Waals surface area contributed by atoms with E-state index >= 15 is 0 Å². The summed E-state index contributed by atoms with van der Waals surface area (Å²) in [6, 6.07) is 18.5. The molecule has 0 unspecified atom stereocenters. The van der Waals surface area contributed by atoms with Crippen LogP contribution in [0.4, 0.5) is 0 Å². The van der Waals surface area contributed by atoms with E-state index in [0.29, 0.717) is 5.75 Å². The Morgan fingerprint density at radius 2 is 1.83 bits per heavy atom. The average Bonchev–Trinajstić information content (AvgIpc) is 3.38. The van der Waals surface area contributed by atoms with Crippen LogP contribution in [0.5, 0.6) is 0 Å². The first kappa shape index (κ1) is 19.3. The molecule has 0 radical (unpaired) electrons. The summed E-state index contributed by atoms with van der Waals surface area (Å²) in [6.45, 7) is 5.08. The minimum absolute atomic E-state index is 0.634. The Kier molecular flexibility index (Phi) is 6.00. The fourth-order valence-electron chi connectivity index (χ4n) is 3.08. The number of thioether (sulfide) groups is 1. The number of nitrogens with zero attached hydrogens (tertiary/aromatic N) is 7. The van der Waals surface area contributed by atoms with Crippen LogP contribution in [-0.4, -0.2) is 35.0 Å². The molecule has 0 fully saturated rings. The summed E-state index contributed by atoms with van der Waals surface area (Å²) in [5, 5.41) is 21.9. The highest BCUT2D eigenvalue weighted by Gasteiger charge is 2.17. The van der Waals surface area contributed by atoms with Gasteiger partial charge in [0.15, 0.2) is 16.8 Å². The van der Waals surface area contributed by atoms with E-state index in [9.17, 15) is 0 Å². The lowest BCUT2D eigenvalue weighted by molar-refractivity contribution is 0.540. The third-order valence-electron chi connectivity index (χ3n) is 4.58. The first-order valence-corrected chi connectivity index (χ1v) is 10.7. The standard InChI is InChI=1S/C21H23N7S/c1-3-4-13-27-19(22-25-26-27)15-29-21-24-23-20(17-10-8-9-16(2)14-17)28(21)18-11-6-5-7-12-18/h5-12,14H,3-4,13,15H2,1-2H3. The summed E-state index contributed by atoms with van der Waals surface area (Å²) in [5.41, 5.74) is 3.26. The van der Waals surface area contributed by atoms with Crippen molar-refractivity contribution in [3.8, 4) is 17.1 Å². The smallest absolute Gasteiger partial charge is 0.196 e. The molecule has 0 spiro atoms. The fourth-order valence-corrected chi connectivity index (χ4v) is 3.97. The van der Waals surface area contributed by atoms with Gasteiger partial charge in [-0.25, -0.2) is 4.68 Å². The SMILES string of the molecule is CCCCn1nnnc1CSc1nnc(-c2cccc(C)c2)n1-c1ccccc1. The van der Waals surface area contributed by atoms with E-state index in [1.165, 1.54) is 5.56 Å². The van der Waals surface area contributed by atoms with E-state index in [0.717, 1.165) is 47.4 Å². The van der Waals surface area contributed by atoms with Crippen LogP contribution in [-0.2, 0) is 12.3 Å². The van der Waals surface area contributed by atoms with Gasteiger partial charge < -0.3 is 0 Å². The Morgan fingerprint density at radius 3 is 2.62 bits per heavy atom. The molecule has 29 heavy (non-hydrogen) atoms. The van der Waals surface area contributed by atoms with Gasteiger partial charge in [0.1, 0.15) is 0 Å². The number of aromatic nitrogens is 7. The number of hydrogen-bond acceptors (Lipinski definition) is 6. The van der Waals surface area contributed by atoms with Gasteiger partial charge in [-0.1, -0.05) is 67.1 Å². The molecule has 4 rings (SSSR count). The number of aryl methyl sites for hydroxylation is 2. The highest BCUT2D eigenvalue weighted by molar-refractivity contribution is 7.98. The van der Waals surface area contributed by atoms with Crippen molar-refractivity contribution >= 4 is 11.8 Å². The lowest BCUT2D eigenvalue weighted by Crippen LogP contribution is -2.05. The van der Waals surface area contributed by atoms with Crippen LogP contribution in [0, 0.1) is 6.92 Å². The van der Waals surface area contributed by atoms with Gasteiger partial charge in [-0.05, 0) is 42.0 Å². The first-order valence-electron chi connectivity index (χ1n) is 9.72. The quantitative estimate of drug-likeness (QED) is 0.406. The molecule has 2 heterocycles. The predicted octanol–water partition coefficient (Wildman–Crippen LogP) is 4.32. The van der Waals surface area contributed by atoms with Crippen molar-refractivity contribution in [3.05, 3.63) is 66.0 Å². The van der Waals surface area contributed by atoms with E-state index in [1.807, 2.05) is 28.9 Å². The van der Waals surface area contributed by atoms with Crippen LogP contribution in [0.3, 0.4) is 0 Å². The van der Waals surface area contributed by atoms with Gasteiger partial charge in [-0.3, -0.25) is 4.57 Å². The maximum Gasteiger partial charge on any atom is 0.196 e. The molecule has 8 heteroatoms. The Bertz CT molecular complexity index is 1070. The zero-order valence-corrected chi connectivity index (χ0v) is 17.4. The van der Waals surface area contributed by atoms with Gasteiger partial charge in [0.25, 0.3) is 0 Å². The van der Waals surface area contributed by atoms with Gasteiger partial charge in [0, 0.05) is 17.8 Å². The van der Waals surface area contributed by atoms with Gasteiger partial charge in [-0.15, -0.1) is 15.3 Å². The van der Waals surface area contributed by atoms with Crippen molar-refractivity contribution in [2.75, 3.05) is 0 Å². The van der Waals surface area contributed by atoms with Gasteiger partial charge in [0.2, 0.25) is 0 Å². The molecule has 0 N–H and O–H groups in total. The zero-order chi connectivity index (χ0) is 20.1. The lowest BCUT2D eigenvalue weighted by Gasteiger charge is -2.10. The highest BCUT2D eigenvalue weighted by Crippen LogP contribution is 2.29. The summed E-state index contributed by atoms with van der Waals surface area (Å²) < 4.78 is 3.97. The molecule has 2 aromatic carbocycles. The minimum atomic E-state index is 0.634. The van der Waals surface area contributed by atoms with Crippen molar-refractivity contribution in [1.82, 2.24) is 35.0 Å². The number of rotatable bonds is 8. The predicted molar refractivity (Wildman–Crippen MR) is 114 cm³/mol. The summed E-state index contributed by atoms with van der Waals surface area (Å²) in [7, 11) is 0. The van der Waals surface area contributed by atoms with E-state index in [2.05, 4.69) is 74.5 Å². The summed E-state index contributed by atoms with van der Waals surface area (Å²) in [4.78, 5) is 0. The first-order chi connectivity index (χ1) is 14.3. The third kappa shape index (κ3) is 4.37. The number of unbranched alkanes of at least 4 members (excludes halogenated alkanes) is 1. The zero-order valence-electron chi connectivity index (χ0n) is 16.6. The molecule has 0 bridgehead atoms. The van der Waals surface area contributed by atoms with Crippen molar-refractivity contribution in [2.24, 2.45) is 0 Å². The van der Waals surface area contributed by atoms with Crippen LogP contribution in [0.1, 0.15) is 31.2 Å².